The number of hydrogen-bond donors (Lipinski definition) is 2. The minimum atomic E-state index is -0.314. The lowest BCUT2D eigenvalue weighted by molar-refractivity contribution is -0.119. The van der Waals surface area contributed by atoms with Crippen molar-refractivity contribution in [2.75, 3.05) is 12.8 Å². The Balaban J connectivity index is 2.23. The molecule has 3 N–H and O–H groups in total. The molecular formula is C7H12N4OS2. The third-order valence-corrected chi connectivity index (χ3v) is 3.56. The first kappa shape index (κ1) is 11.4. The van der Waals surface area contributed by atoms with Crippen molar-refractivity contribution in [1.29, 1.82) is 0 Å². The first-order valence-electron chi connectivity index (χ1n) is 4.09. The van der Waals surface area contributed by atoms with Crippen LogP contribution in [0.15, 0.2) is 9.85 Å². The maximum Gasteiger partial charge on any atom is 0.234 e. The summed E-state index contributed by atoms with van der Waals surface area (Å²) >= 11 is 3.08. The number of nitrogens with two attached hydrogens (primary N) is 1. The Bertz CT molecular complexity index is 277. The first-order valence-corrected chi connectivity index (χ1v) is 5.96. The van der Waals surface area contributed by atoms with Gasteiger partial charge in [0.25, 0.3) is 0 Å². The van der Waals surface area contributed by atoms with Gasteiger partial charge in [-0.05, 0) is 13.5 Å². The fourth-order valence-electron chi connectivity index (χ4n) is 0.919. The molecule has 1 aromatic rings. The molecule has 1 rings (SSSR count). The van der Waals surface area contributed by atoms with Crippen LogP contribution in [0.25, 0.3) is 0 Å². The SMILES string of the molecule is CNC(CCSc1nncs1)C(N)=O. The van der Waals surface area contributed by atoms with Crippen LogP contribution >= 0.6 is 23.1 Å². The van der Waals surface area contributed by atoms with E-state index < -0.39 is 0 Å². The number of nitrogens with one attached hydrogen (secondary N) is 1. The van der Waals surface area contributed by atoms with Crippen molar-refractivity contribution in [2.24, 2.45) is 5.73 Å². The normalized spacial score (nSPS) is 12.6. The summed E-state index contributed by atoms with van der Waals surface area (Å²) in [4.78, 5) is 10.8. The smallest absolute Gasteiger partial charge is 0.234 e. The van der Waals surface area contributed by atoms with E-state index >= 15 is 0 Å². The van der Waals surface area contributed by atoms with Gasteiger partial charge in [-0.3, -0.25) is 4.79 Å². The maximum absolute atomic E-state index is 10.8. The zero-order valence-corrected chi connectivity index (χ0v) is 9.40. The van der Waals surface area contributed by atoms with Gasteiger partial charge in [0.1, 0.15) is 5.51 Å². The number of amides is 1. The second-order valence-corrected chi connectivity index (χ2v) is 4.76. The number of carbonyl (C=O) groups is 1. The molecule has 0 bridgehead atoms. The number of nitrogens with zero attached hydrogens (tertiary/aromatic N) is 2. The van der Waals surface area contributed by atoms with Gasteiger partial charge in [0.2, 0.25) is 5.91 Å². The summed E-state index contributed by atoms with van der Waals surface area (Å²) in [5.74, 6) is 0.495. The Hall–Kier alpha value is -0.660. The van der Waals surface area contributed by atoms with Crippen molar-refractivity contribution in [1.82, 2.24) is 15.5 Å². The molecule has 1 aromatic heterocycles. The Kier molecular flexibility index (Phi) is 4.85. The Morgan fingerprint density at radius 2 is 2.64 bits per heavy atom. The summed E-state index contributed by atoms with van der Waals surface area (Å²) in [6, 6.07) is -0.254. The van der Waals surface area contributed by atoms with E-state index in [1.165, 1.54) is 11.3 Å². The van der Waals surface area contributed by atoms with Gasteiger partial charge in [-0.25, -0.2) is 0 Å². The Morgan fingerprint density at radius 1 is 1.86 bits per heavy atom. The van der Waals surface area contributed by atoms with Gasteiger partial charge in [-0.1, -0.05) is 23.1 Å². The van der Waals surface area contributed by atoms with E-state index in [2.05, 4.69) is 15.5 Å². The second-order valence-electron chi connectivity index (χ2n) is 2.59. The molecule has 0 aliphatic carbocycles. The van der Waals surface area contributed by atoms with Gasteiger partial charge in [-0.2, -0.15) is 0 Å². The molecule has 0 saturated heterocycles. The van der Waals surface area contributed by atoms with Crippen LogP contribution in [-0.2, 0) is 4.79 Å². The van der Waals surface area contributed by atoms with Crippen molar-refractivity contribution < 1.29 is 4.79 Å². The lowest BCUT2D eigenvalue weighted by Crippen LogP contribution is -2.39. The van der Waals surface area contributed by atoms with Crippen LogP contribution in [0.3, 0.4) is 0 Å². The molecule has 0 spiro atoms. The van der Waals surface area contributed by atoms with E-state index in [0.29, 0.717) is 6.42 Å². The zero-order valence-electron chi connectivity index (χ0n) is 7.77. The molecular weight excluding hydrogens is 220 g/mol. The predicted octanol–water partition coefficient (Wildman–Crippen LogP) is 0.0936. The third kappa shape index (κ3) is 3.60. The largest absolute Gasteiger partial charge is 0.368 e. The average Bonchev–Trinajstić information content (AvgIpc) is 2.64. The zero-order chi connectivity index (χ0) is 10.4. The van der Waals surface area contributed by atoms with Crippen LogP contribution in [0.1, 0.15) is 6.42 Å². The summed E-state index contributed by atoms with van der Waals surface area (Å²) in [7, 11) is 1.73. The van der Waals surface area contributed by atoms with Gasteiger partial charge in [0.05, 0.1) is 6.04 Å². The summed E-state index contributed by atoms with van der Waals surface area (Å²) in [6.07, 6.45) is 0.704. The summed E-state index contributed by atoms with van der Waals surface area (Å²) in [5, 5.41) is 10.5. The maximum atomic E-state index is 10.8. The number of primary amides is 1. The summed E-state index contributed by atoms with van der Waals surface area (Å²) < 4.78 is 0.921. The lowest BCUT2D eigenvalue weighted by Gasteiger charge is -2.10. The summed E-state index contributed by atoms with van der Waals surface area (Å²) in [5.41, 5.74) is 6.86. The van der Waals surface area contributed by atoms with E-state index in [1.807, 2.05) is 0 Å². The molecule has 78 valence electrons. The molecule has 14 heavy (non-hydrogen) atoms. The van der Waals surface area contributed by atoms with E-state index in [0.717, 1.165) is 10.1 Å². The molecule has 0 radical (unpaired) electrons. The van der Waals surface area contributed by atoms with E-state index in [4.69, 9.17) is 5.73 Å². The summed E-state index contributed by atoms with van der Waals surface area (Å²) in [6.45, 7) is 0. The molecule has 1 heterocycles. The van der Waals surface area contributed by atoms with E-state index in [9.17, 15) is 4.79 Å². The topological polar surface area (TPSA) is 80.9 Å². The van der Waals surface area contributed by atoms with Crippen LogP contribution in [0, 0.1) is 0 Å². The molecule has 1 unspecified atom stereocenters. The highest BCUT2D eigenvalue weighted by Crippen LogP contribution is 2.19. The number of likely N-dealkylation sites (N-methyl/N-ethyl adjacent to an activating group) is 1. The van der Waals surface area contributed by atoms with Gasteiger partial charge >= 0.3 is 0 Å². The quantitative estimate of drug-likeness (QED) is 0.680. The molecule has 1 atom stereocenters. The van der Waals surface area contributed by atoms with Crippen molar-refractivity contribution in [3.63, 3.8) is 0 Å². The van der Waals surface area contributed by atoms with Gasteiger partial charge in [0, 0.05) is 5.75 Å². The lowest BCUT2D eigenvalue weighted by atomic mass is 10.2. The molecule has 0 saturated carbocycles. The molecule has 0 aromatic carbocycles. The third-order valence-electron chi connectivity index (χ3n) is 1.66. The molecule has 0 aliphatic heterocycles. The molecule has 7 heteroatoms. The van der Waals surface area contributed by atoms with Crippen molar-refractivity contribution in [3.05, 3.63) is 5.51 Å². The minimum absolute atomic E-state index is 0.254. The van der Waals surface area contributed by atoms with Gasteiger partial charge in [-0.15, -0.1) is 10.2 Å². The first-order chi connectivity index (χ1) is 6.74. The number of carbonyl (C=O) groups excluding carboxylic acids is 1. The standard InChI is InChI=1S/C7H12N4OS2/c1-9-5(6(8)12)2-3-13-7-11-10-4-14-7/h4-5,9H,2-3H2,1H3,(H2,8,12). The van der Waals surface area contributed by atoms with Crippen molar-refractivity contribution >= 4 is 29.0 Å². The van der Waals surface area contributed by atoms with Crippen molar-refractivity contribution in [3.8, 4) is 0 Å². The minimum Gasteiger partial charge on any atom is -0.368 e. The Labute approximate surface area is 90.5 Å². The van der Waals surface area contributed by atoms with Gasteiger partial charge in [0.15, 0.2) is 4.34 Å². The highest BCUT2D eigenvalue weighted by molar-refractivity contribution is 8.00. The van der Waals surface area contributed by atoms with Crippen LogP contribution < -0.4 is 11.1 Å². The molecule has 5 nitrogen and oxygen atoms in total. The Morgan fingerprint density at radius 3 is 3.14 bits per heavy atom. The molecule has 1 amide bonds. The number of rotatable bonds is 6. The highest BCUT2D eigenvalue weighted by atomic mass is 32.2. The number of hydrogen-bond acceptors (Lipinski definition) is 6. The number of thioether (sulfide) groups is 1. The van der Waals surface area contributed by atoms with Crippen LogP contribution in [0.2, 0.25) is 0 Å². The highest BCUT2D eigenvalue weighted by Gasteiger charge is 2.12. The second kappa shape index (κ2) is 5.94. The fraction of sp³-hybridized carbons (Fsp3) is 0.571. The van der Waals surface area contributed by atoms with Crippen LogP contribution in [0.5, 0.6) is 0 Å². The van der Waals surface area contributed by atoms with E-state index in [-0.39, 0.29) is 11.9 Å². The predicted molar refractivity (Wildman–Crippen MR) is 57.3 cm³/mol. The fourth-order valence-corrected chi connectivity index (χ4v) is 2.48. The van der Waals surface area contributed by atoms with Gasteiger partial charge < -0.3 is 11.1 Å². The average molecular weight is 232 g/mol. The van der Waals surface area contributed by atoms with Crippen LogP contribution in [-0.4, -0.2) is 34.9 Å². The van der Waals surface area contributed by atoms with Crippen molar-refractivity contribution in [2.45, 2.75) is 16.8 Å². The molecule has 0 aliphatic rings. The monoisotopic (exact) mass is 232 g/mol. The van der Waals surface area contributed by atoms with Crippen LogP contribution in [0.4, 0.5) is 0 Å². The number of aromatic nitrogens is 2. The van der Waals surface area contributed by atoms with E-state index in [1.54, 1.807) is 24.3 Å². The molecule has 0 fully saturated rings.